The van der Waals surface area contributed by atoms with Crippen LogP contribution in [-0.4, -0.2) is 92.6 Å². The Morgan fingerprint density at radius 3 is 0.939 bits per heavy atom. The van der Waals surface area contributed by atoms with Crippen LogP contribution < -0.4 is 0 Å². The lowest BCUT2D eigenvalue weighted by Crippen LogP contribution is -2.38. The largest absolute Gasteiger partial charge is 0.411 e. The first kappa shape index (κ1) is 32.3. The van der Waals surface area contributed by atoms with Crippen molar-refractivity contribution >= 4 is 0 Å². The maximum atomic E-state index is 12.3. The molecule has 0 aromatic rings. The van der Waals surface area contributed by atoms with Gasteiger partial charge in [-0.3, -0.25) is 0 Å². The molecule has 0 spiro atoms. The fourth-order valence-corrected chi connectivity index (χ4v) is 2.96. The Morgan fingerprint density at radius 2 is 0.697 bits per heavy atom. The number of ether oxygens (including phenoxy) is 6. The molecule has 0 bridgehead atoms. The van der Waals surface area contributed by atoms with Crippen LogP contribution in [0.1, 0.15) is 27.7 Å². The summed E-state index contributed by atoms with van der Waals surface area (Å²) in [5, 5.41) is 0. The van der Waals surface area contributed by atoms with Crippen LogP contribution >= 0.6 is 0 Å². The van der Waals surface area contributed by atoms with Crippen LogP contribution in [0.15, 0.2) is 0 Å². The summed E-state index contributed by atoms with van der Waals surface area (Å²) in [6.45, 7) is 5.04. The number of methoxy groups -OCH3 is 2. The normalized spacial score (nSPS) is 17.1. The number of rotatable bonds is 18. The molecule has 0 N–H and O–H groups in total. The summed E-state index contributed by atoms with van der Waals surface area (Å²) in [4.78, 5) is 0. The Bertz CT molecular complexity index is 484. The number of hydrogen-bond acceptors (Lipinski definition) is 6. The lowest BCUT2D eigenvalue weighted by atomic mass is 9.92. The van der Waals surface area contributed by atoms with E-state index >= 15 is 0 Å². The molecule has 12 heteroatoms. The van der Waals surface area contributed by atoms with Crippen molar-refractivity contribution in [1.82, 2.24) is 0 Å². The molecular formula is C21H38F6O6. The fraction of sp³-hybridized carbons (Fsp3) is 1.00. The molecule has 0 aliphatic carbocycles. The van der Waals surface area contributed by atoms with Gasteiger partial charge in [0.2, 0.25) is 0 Å². The van der Waals surface area contributed by atoms with Gasteiger partial charge in [0, 0.05) is 30.5 Å². The first-order valence-electron chi connectivity index (χ1n) is 10.4. The highest BCUT2D eigenvalue weighted by molar-refractivity contribution is 4.77. The zero-order chi connectivity index (χ0) is 25.8. The van der Waals surface area contributed by atoms with Gasteiger partial charge in [0.1, 0.15) is 13.2 Å². The first-order valence-corrected chi connectivity index (χ1v) is 10.4. The van der Waals surface area contributed by atoms with E-state index in [1.165, 1.54) is 14.2 Å². The molecular weight excluding hydrogens is 462 g/mol. The third-order valence-electron chi connectivity index (χ3n) is 4.30. The van der Waals surface area contributed by atoms with E-state index in [4.69, 9.17) is 28.4 Å². The Balaban J connectivity index is 4.56. The SMILES string of the molecule is COCC(C)(COCC(F)(F)F)COCC(C)(C)COCC(C)(COC)COCC(F)(F)F. The van der Waals surface area contributed by atoms with Gasteiger partial charge in [0.05, 0.1) is 52.9 Å². The van der Waals surface area contributed by atoms with Crippen molar-refractivity contribution in [2.45, 2.75) is 40.0 Å². The minimum atomic E-state index is -4.41. The lowest BCUT2D eigenvalue weighted by Gasteiger charge is -2.33. The van der Waals surface area contributed by atoms with Crippen molar-refractivity contribution in [3.63, 3.8) is 0 Å². The molecule has 2 unspecified atom stereocenters. The molecule has 0 amide bonds. The Hall–Kier alpha value is -0.660. The molecule has 0 aromatic heterocycles. The second kappa shape index (κ2) is 14.0. The van der Waals surface area contributed by atoms with Crippen molar-refractivity contribution in [2.24, 2.45) is 16.2 Å². The molecule has 0 aromatic carbocycles. The smallest absolute Gasteiger partial charge is 0.384 e. The monoisotopic (exact) mass is 500 g/mol. The van der Waals surface area contributed by atoms with Gasteiger partial charge in [-0.15, -0.1) is 0 Å². The van der Waals surface area contributed by atoms with Crippen LogP contribution in [0, 0.1) is 16.2 Å². The molecule has 0 fully saturated rings. The summed E-state index contributed by atoms with van der Waals surface area (Å²) in [5.74, 6) is 0. The van der Waals surface area contributed by atoms with Gasteiger partial charge in [0.15, 0.2) is 0 Å². The van der Waals surface area contributed by atoms with Crippen LogP contribution in [0.3, 0.4) is 0 Å². The zero-order valence-electron chi connectivity index (χ0n) is 20.3. The summed E-state index contributed by atoms with van der Waals surface area (Å²) in [5.41, 5.74) is -2.02. The van der Waals surface area contributed by atoms with Gasteiger partial charge < -0.3 is 28.4 Å². The third kappa shape index (κ3) is 17.4. The predicted molar refractivity (Wildman–Crippen MR) is 109 cm³/mol. The molecule has 33 heavy (non-hydrogen) atoms. The summed E-state index contributed by atoms with van der Waals surface area (Å²) in [6, 6.07) is 0. The summed E-state index contributed by atoms with van der Waals surface area (Å²) >= 11 is 0. The third-order valence-corrected chi connectivity index (χ3v) is 4.30. The van der Waals surface area contributed by atoms with Gasteiger partial charge in [-0.1, -0.05) is 27.7 Å². The average Bonchev–Trinajstić information content (AvgIpc) is 2.59. The molecule has 0 rings (SSSR count). The summed E-state index contributed by atoms with van der Waals surface area (Å²) < 4.78 is 105. The summed E-state index contributed by atoms with van der Waals surface area (Å²) in [7, 11) is 2.88. The van der Waals surface area contributed by atoms with Gasteiger partial charge in [-0.25, -0.2) is 0 Å². The zero-order valence-corrected chi connectivity index (χ0v) is 20.3. The van der Waals surface area contributed by atoms with E-state index in [1.54, 1.807) is 13.8 Å². The topological polar surface area (TPSA) is 55.4 Å². The molecule has 0 aliphatic heterocycles. The average molecular weight is 501 g/mol. The molecule has 0 saturated heterocycles. The van der Waals surface area contributed by atoms with Crippen LogP contribution in [0.5, 0.6) is 0 Å². The maximum absolute atomic E-state index is 12.3. The second-order valence-electron chi connectivity index (χ2n) is 9.85. The van der Waals surface area contributed by atoms with E-state index in [0.29, 0.717) is 0 Å². The molecule has 0 radical (unpaired) electrons. The van der Waals surface area contributed by atoms with E-state index in [-0.39, 0.29) is 52.9 Å². The van der Waals surface area contributed by atoms with Crippen molar-refractivity contribution in [3.8, 4) is 0 Å². The maximum Gasteiger partial charge on any atom is 0.411 e. The van der Waals surface area contributed by atoms with Crippen LogP contribution in [0.25, 0.3) is 0 Å². The fourth-order valence-electron chi connectivity index (χ4n) is 2.96. The van der Waals surface area contributed by atoms with Gasteiger partial charge in [0.25, 0.3) is 0 Å². The molecule has 6 nitrogen and oxygen atoms in total. The van der Waals surface area contributed by atoms with E-state index in [2.05, 4.69) is 0 Å². The number of alkyl halides is 6. The Labute approximate surface area is 192 Å². The van der Waals surface area contributed by atoms with Gasteiger partial charge in [-0.05, 0) is 0 Å². The minimum absolute atomic E-state index is 0.106. The van der Waals surface area contributed by atoms with Crippen molar-refractivity contribution in [2.75, 3.05) is 80.3 Å². The highest BCUT2D eigenvalue weighted by Gasteiger charge is 2.33. The Kier molecular flexibility index (Phi) is 13.8. The van der Waals surface area contributed by atoms with Gasteiger partial charge >= 0.3 is 12.4 Å². The van der Waals surface area contributed by atoms with Gasteiger partial charge in [-0.2, -0.15) is 26.3 Å². The standard InChI is InChI=1S/C21H38F6O6/c1-17(2,7-30-11-18(3,9-28-5)13-32-15-20(22,23)24)8-31-12-19(4,10-29-6)14-33-16-21(25,26)27/h7-16H2,1-6H3. The van der Waals surface area contributed by atoms with E-state index in [1.807, 2.05) is 13.8 Å². The Morgan fingerprint density at radius 1 is 0.424 bits per heavy atom. The highest BCUT2D eigenvalue weighted by Crippen LogP contribution is 2.25. The van der Waals surface area contributed by atoms with Crippen molar-refractivity contribution < 1.29 is 54.8 Å². The van der Waals surface area contributed by atoms with E-state index < -0.39 is 41.8 Å². The predicted octanol–water partition coefficient (Wildman–Crippen LogP) is 4.51. The molecule has 0 saturated carbocycles. The number of halogens is 6. The second-order valence-corrected chi connectivity index (χ2v) is 9.85. The minimum Gasteiger partial charge on any atom is -0.384 e. The lowest BCUT2D eigenvalue weighted by molar-refractivity contribution is -0.186. The van der Waals surface area contributed by atoms with Crippen LogP contribution in [-0.2, 0) is 28.4 Å². The molecule has 200 valence electrons. The molecule has 2 atom stereocenters. The molecule has 0 heterocycles. The molecule has 0 aliphatic rings. The van der Waals surface area contributed by atoms with Crippen molar-refractivity contribution in [1.29, 1.82) is 0 Å². The summed E-state index contributed by atoms with van der Waals surface area (Å²) in [6.07, 6.45) is -8.83. The first-order chi connectivity index (χ1) is 14.9. The quantitative estimate of drug-likeness (QED) is 0.258. The van der Waals surface area contributed by atoms with E-state index in [0.717, 1.165) is 0 Å². The van der Waals surface area contributed by atoms with Crippen LogP contribution in [0.4, 0.5) is 26.3 Å². The van der Waals surface area contributed by atoms with E-state index in [9.17, 15) is 26.3 Å². The van der Waals surface area contributed by atoms with Crippen LogP contribution in [0.2, 0.25) is 0 Å². The number of hydrogen-bond donors (Lipinski definition) is 0. The highest BCUT2D eigenvalue weighted by atomic mass is 19.4. The van der Waals surface area contributed by atoms with Crippen molar-refractivity contribution in [3.05, 3.63) is 0 Å².